The Hall–Kier alpha value is -2.79. The van der Waals surface area contributed by atoms with Gasteiger partial charge in [-0.3, -0.25) is 4.79 Å². The Kier molecular flexibility index (Phi) is 6.70. The molecular weight excluding hydrogens is 395 g/mol. The van der Waals surface area contributed by atoms with Crippen molar-refractivity contribution in [2.75, 3.05) is 31.1 Å². The van der Waals surface area contributed by atoms with Crippen LogP contribution < -0.4 is 4.90 Å². The second kappa shape index (κ2) is 9.81. The zero-order valence-corrected chi connectivity index (χ0v) is 17.7. The van der Waals surface area contributed by atoms with Crippen LogP contribution in [0.4, 0.5) is 10.1 Å². The summed E-state index contributed by atoms with van der Waals surface area (Å²) in [7, 11) is 0. The molecule has 0 N–H and O–H groups in total. The van der Waals surface area contributed by atoms with E-state index >= 15 is 0 Å². The van der Waals surface area contributed by atoms with Gasteiger partial charge in [0.05, 0.1) is 5.69 Å². The predicted molar refractivity (Wildman–Crippen MR) is 122 cm³/mol. The monoisotopic (exact) mass is 420 g/mol. The van der Waals surface area contributed by atoms with Crippen LogP contribution in [0.25, 0.3) is 0 Å². The minimum absolute atomic E-state index is 0.0478. The lowest BCUT2D eigenvalue weighted by molar-refractivity contribution is 0.0746. The largest absolute Gasteiger partial charge is 0.366 e. The summed E-state index contributed by atoms with van der Waals surface area (Å²) >= 11 is 1.87. The van der Waals surface area contributed by atoms with Crippen LogP contribution >= 0.6 is 11.8 Å². The van der Waals surface area contributed by atoms with E-state index in [1.165, 1.54) is 17.2 Å². The quantitative estimate of drug-likeness (QED) is 0.546. The van der Waals surface area contributed by atoms with E-state index in [-0.39, 0.29) is 11.7 Å². The Labute approximate surface area is 181 Å². The predicted octanol–water partition coefficient (Wildman–Crippen LogP) is 5.22. The van der Waals surface area contributed by atoms with Crippen LogP contribution in [0, 0.1) is 5.82 Å². The number of halogens is 1. The van der Waals surface area contributed by atoms with E-state index in [2.05, 4.69) is 24.3 Å². The first-order valence-corrected chi connectivity index (χ1v) is 11.4. The maximum atomic E-state index is 14.0. The minimum Gasteiger partial charge on any atom is -0.366 e. The molecule has 1 amide bonds. The van der Waals surface area contributed by atoms with Gasteiger partial charge in [-0.15, -0.1) is 0 Å². The maximum Gasteiger partial charge on any atom is 0.253 e. The summed E-state index contributed by atoms with van der Waals surface area (Å²) in [5.41, 5.74) is 3.87. The Morgan fingerprint density at radius 1 is 0.767 bits per heavy atom. The molecule has 1 fully saturated rings. The highest BCUT2D eigenvalue weighted by Gasteiger charge is 2.23. The van der Waals surface area contributed by atoms with Crippen molar-refractivity contribution < 1.29 is 9.18 Å². The van der Waals surface area contributed by atoms with Crippen molar-refractivity contribution in [3.05, 3.63) is 101 Å². The number of amides is 1. The zero-order chi connectivity index (χ0) is 20.8. The lowest BCUT2D eigenvalue weighted by atomic mass is 10.1. The summed E-state index contributed by atoms with van der Waals surface area (Å²) in [4.78, 5) is 16.7. The van der Waals surface area contributed by atoms with Crippen molar-refractivity contribution in [1.82, 2.24) is 4.90 Å². The normalized spacial score (nSPS) is 14.0. The van der Waals surface area contributed by atoms with Gasteiger partial charge in [0, 0.05) is 43.2 Å². The van der Waals surface area contributed by atoms with Gasteiger partial charge >= 0.3 is 0 Å². The molecule has 0 spiro atoms. The molecule has 0 aromatic heterocycles. The van der Waals surface area contributed by atoms with E-state index in [4.69, 9.17) is 0 Å². The highest BCUT2D eigenvalue weighted by Crippen LogP contribution is 2.22. The molecule has 0 saturated carbocycles. The number of benzene rings is 3. The number of nitrogens with zero attached hydrogens (tertiary/aromatic N) is 2. The summed E-state index contributed by atoms with van der Waals surface area (Å²) in [6, 6.07) is 25.2. The number of para-hydroxylation sites is 1. The van der Waals surface area contributed by atoms with E-state index in [0.717, 1.165) is 11.5 Å². The molecular formula is C25H25FN2OS. The van der Waals surface area contributed by atoms with Crippen molar-refractivity contribution in [3.63, 3.8) is 0 Å². The summed E-state index contributed by atoms with van der Waals surface area (Å²) < 4.78 is 14.0. The summed E-state index contributed by atoms with van der Waals surface area (Å²) in [6.45, 7) is 2.48. The van der Waals surface area contributed by atoms with Crippen molar-refractivity contribution in [2.45, 2.75) is 11.5 Å². The molecule has 0 radical (unpaired) electrons. The molecule has 30 heavy (non-hydrogen) atoms. The molecule has 5 heteroatoms. The molecule has 0 bridgehead atoms. The van der Waals surface area contributed by atoms with Gasteiger partial charge in [0.1, 0.15) is 5.82 Å². The van der Waals surface area contributed by atoms with Crippen LogP contribution in [0.3, 0.4) is 0 Å². The Morgan fingerprint density at radius 2 is 1.37 bits per heavy atom. The molecule has 1 aliphatic heterocycles. The first-order chi connectivity index (χ1) is 14.7. The molecule has 3 aromatic carbocycles. The number of hydrogen-bond donors (Lipinski definition) is 0. The van der Waals surface area contributed by atoms with E-state index in [0.29, 0.717) is 37.4 Å². The maximum absolute atomic E-state index is 14.0. The highest BCUT2D eigenvalue weighted by molar-refractivity contribution is 7.97. The third kappa shape index (κ3) is 5.03. The van der Waals surface area contributed by atoms with Gasteiger partial charge in [-0.1, -0.05) is 54.6 Å². The molecule has 4 rings (SSSR count). The second-order valence-electron chi connectivity index (χ2n) is 7.41. The van der Waals surface area contributed by atoms with E-state index in [9.17, 15) is 9.18 Å². The average Bonchev–Trinajstić information content (AvgIpc) is 2.80. The van der Waals surface area contributed by atoms with Crippen LogP contribution in [-0.4, -0.2) is 37.0 Å². The fraction of sp³-hybridized carbons (Fsp3) is 0.240. The van der Waals surface area contributed by atoms with Gasteiger partial charge in [-0.2, -0.15) is 11.8 Å². The minimum atomic E-state index is -0.210. The number of anilines is 1. The number of thioether (sulfide) groups is 1. The Morgan fingerprint density at radius 3 is 2.03 bits per heavy atom. The fourth-order valence-electron chi connectivity index (χ4n) is 3.65. The summed E-state index contributed by atoms with van der Waals surface area (Å²) in [6.07, 6.45) is 0. The molecule has 0 aliphatic carbocycles. The molecule has 3 nitrogen and oxygen atoms in total. The van der Waals surface area contributed by atoms with Crippen molar-refractivity contribution >= 4 is 23.4 Å². The number of hydrogen-bond acceptors (Lipinski definition) is 3. The first kappa shape index (κ1) is 20.5. The smallest absolute Gasteiger partial charge is 0.253 e. The SMILES string of the molecule is O=C(c1ccc(CSCc2ccccc2)cc1)N1CCN(c2ccccc2F)CC1. The standard InChI is InChI=1S/C25H25FN2OS/c26-23-8-4-5-9-24(23)27-14-16-28(17-15-27)25(29)22-12-10-21(11-13-22)19-30-18-20-6-2-1-3-7-20/h1-13H,14-19H2. The number of carbonyl (C=O) groups excluding carboxylic acids is 1. The Balaban J connectivity index is 1.28. The molecule has 0 atom stereocenters. The van der Waals surface area contributed by atoms with Crippen molar-refractivity contribution in [3.8, 4) is 0 Å². The van der Waals surface area contributed by atoms with Crippen LogP contribution in [0.1, 0.15) is 21.5 Å². The lowest BCUT2D eigenvalue weighted by Crippen LogP contribution is -2.49. The number of piperazine rings is 1. The topological polar surface area (TPSA) is 23.6 Å². The van der Waals surface area contributed by atoms with Crippen LogP contribution in [0.2, 0.25) is 0 Å². The van der Waals surface area contributed by atoms with Gasteiger partial charge in [0.2, 0.25) is 0 Å². The first-order valence-electron chi connectivity index (χ1n) is 10.2. The van der Waals surface area contributed by atoms with Gasteiger partial charge in [0.25, 0.3) is 5.91 Å². The Bertz CT molecular complexity index is 970. The highest BCUT2D eigenvalue weighted by atomic mass is 32.2. The van der Waals surface area contributed by atoms with Crippen molar-refractivity contribution in [2.24, 2.45) is 0 Å². The third-order valence-corrected chi connectivity index (χ3v) is 6.42. The molecule has 0 unspecified atom stereocenters. The van der Waals surface area contributed by atoms with Crippen LogP contribution in [-0.2, 0) is 11.5 Å². The van der Waals surface area contributed by atoms with Gasteiger partial charge < -0.3 is 9.80 Å². The lowest BCUT2D eigenvalue weighted by Gasteiger charge is -2.36. The average molecular weight is 421 g/mol. The van der Waals surface area contributed by atoms with Crippen LogP contribution in [0.5, 0.6) is 0 Å². The van der Waals surface area contributed by atoms with E-state index in [1.54, 1.807) is 12.1 Å². The van der Waals surface area contributed by atoms with Crippen molar-refractivity contribution in [1.29, 1.82) is 0 Å². The molecule has 1 heterocycles. The molecule has 1 saturated heterocycles. The van der Waals surface area contributed by atoms with Gasteiger partial charge in [-0.25, -0.2) is 4.39 Å². The zero-order valence-electron chi connectivity index (χ0n) is 16.8. The summed E-state index contributed by atoms with van der Waals surface area (Å²) in [5, 5.41) is 0. The molecule has 154 valence electrons. The van der Waals surface area contributed by atoms with Gasteiger partial charge in [0.15, 0.2) is 0 Å². The second-order valence-corrected chi connectivity index (χ2v) is 8.39. The van der Waals surface area contributed by atoms with Crippen LogP contribution in [0.15, 0.2) is 78.9 Å². The van der Waals surface area contributed by atoms with E-state index in [1.807, 2.05) is 58.0 Å². The van der Waals surface area contributed by atoms with E-state index < -0.39 is 0 Å². The molecule has 1 aliphatic rings. The number of rotatable bonds is 6. The third-order valence-electron chi connectivity index (χ3n) is 5.34. The van der Waals surface area contributed by atoms with Gasteiger partial charge in [-0.05, 0) is 35.4 Å². The fourth-order valence-corrected chi connectivity index (χ4v) is 4.60. The molecule has 3 aromatic rings. The number of carbonyl (C=O) groups is 1. The summed E-state index contributed by atoms with van der Waals surface area (Å²) in [5.74, 6) is 1.74.